The normalized spacial score (nSPS) is 17.8. The van der Waals surface area contributed by atoms with Crippen molar-refractivity contribution in [2.75, 3.05) is 11.9 Å². The number of halogens is 1. The Morgan fingerprint density at radius 2 is 2.14 bits per heavy atom. The van der Waals surface area contributed by atoms with Crippen LogP contribution in [0.15, 0.2) is 18.2 Å². The summed E-state index contributed by atoms with van der Waals surface area (Å²) in [7, 11) is 0. The van der Waals surface area contributed by atoms with E-state index in [0.717, 1.165) is 18.2 Å². The number of aromatic carboxylic acids is 1. The highest BCUT2D eigenvalue weighted by atomic mass is 19.1. The lowest BCUT2D eigenvalue weighted by Gasteiger charge is -2.23. The third-order valence-electron chi connectivity index (χ3n) is 3.06. The molecule has 0 aliphatic carbocycles. The average molecular weight is 295 g/mol. The van der Waals surface area contributed by atoms with E-state index in [1.807, 2.05) is 0 Å². The number of anilines is 1. The molecule has 1 aliphatic heterocycles. The zero-order valence-corrected chi connectivity index (χ0v) is 11.0. The van der Waals surface area contributed by atoms with Crippen LogP contribution in [0, 0.1) is 5.82 Å². The van der Waals surface area contributed by atoms with Crippen molar-refractivity contribution in [1.29, 1.82) is 0 Å². The fraction of sp³-hybridized carbons (Fsp3) is 0.308. The molecule has 112 valence electrons. The second kappa shape index (κ2) is 6.21. The number of benzene rings is 1. The highest BCUT2D eigenvalue weighted by Crippen LogP contribution is 2.17. The molecule has 1 heterocycles. The van der Waals surface area contributed by atoms with Gasteiger partial charge >= 0.3 is 12.0 Å². The molecule has 0 radical (unpaired) electrons. The van der Waals surface area contributed by atoms with Gasteiger partial charge in [-0.3, -0.25) is 4.79 Å². The van der Waals surface area contributed by atoms with E-state index in [2.05, 4.69) is 16.0 Å². The Labute approximate surface area is 119 Å². The van der Waals surface area contributed by atoms with Gasteiger partial charge in [-0.1, -0.05) is 0 Å². The molecule has 2 rings (SSSR count). The van der Waals surface area contributed by atoms with Crippen LogP contribution >= 0.6 is 0 Å². The molecule has 3 amide bonds. The third kappa shape index (κ3) is 3.91. The molecule has 1 aliphatic rings. The van der Waals surface area contributed by atoms with Gasteiger partial charge in [0.15, 0.2) is 0 Å². The number of amides is 3. The van der Waals surface area contributed by atoms with Gasteiger partial charge in [0, 0.05) is 19.0 Å². The molecule has 1 aromatic rings. The lowest BCUT2D eigenvalue weighted by atomic mass is 10.1. The second-order valence-electron chi connectivity index (χ2n) is 4.63. The summed E-state index contributed by atoms with van der Waals surface area (Å²) in [5, 5.41) is 16.5. The number of hydrogen-bond acceptors (Lipinski definition) is 3. The van der Waals surface area contributed by atoms with E-state index in [9.17, 15) is 18.8 Å². The first-order valence-corrected chi connectivity index (χ1v) is 6.33. The Morgan fingerprint density at radius 1 is 1.38 bits per heavy atom. The second-order valence-corrected chi connectivity index (χ2v) is 4.63. The van der Waals surface area contributed by atoms with E-state index >= 15 is 0 Å². The minimum absolute atomic E-state index is 0.0771. The largest absolute Gasteiger partial charge is 0.478 e. The van der Waals surface area contributed by atoms with Crippen LogP contribution in [0.4, 0.5) is 14.9 Å². The van der Waals surface area contributed by atoms with Gasteiger partial charge in [-0.05, 0) is 24.6 Å². The number of nitrogens with one attached hydrogen (secondary N) is 3. The third-order valence-corrected chi connectivity index (χ3v) is 3.06. The molecule has 7 nitrogen and oxygen atoms in total. The van der Waals surface area contributed by atoms with Gasteiger partial charge in [0.05, 0.1) is 11.3 Å². The number of carboxylic acid groups (broad SMARTS) is 1. The van der Waals surface area contributed by atoms with Crippen LogP contribution < -0.4 is 16.0 Å². The maximum Gasteiger partial charge on any atom is 0.337 e. The van der Waals surface area contributed by atoms with Crippen molar-refractivity contribution in [3.05, 3.63) is 29.6 Å². The summed E-state index contributed by atoms with van der Waals surface area (Å²) in [6.45, 7) is 0.307. The van der Waals surface area contributed by atoms with Gasteiger partial charge < -0.3 is 21.1 Å². The smallest absolute Gasteiger partial charge is 0.337 e. The van der Waals surface area contributed by atoms with Gasteiger partial charge in [-0.15, -0.1) is 0 Å². The predicted molar refractivity (Wildman–Crippen MR) is 71.5 cm³/mol. The standard InChI is InChI=1S/C13H14FN3O4/c14-7-1-3-9(12(19)20)10(5-7)17-13(21)16-8-2-4-11(18)15-6-8/h1,3,5,8H,2,4,6H2,(H,15,18)(H,19,20)(H2,16,17,21). The molecule has 8 heteroatoms. The number of piperidine rings is 1. The lowest BCUT2D eigenvalue weighted by molar-refractivity contribution is -0.122. The molecule has 0 spiro atoms. The van der Waals surface area contributed by atoms with Gasteiger partial charge in [0.1, 0.15) is 5.82 Å². The fourth-order valence-corrected chi connectivity index (χ4v) is 2.01. The van der Waals surface area contributed by atoms with Crippen LogP contribution in [0.5, 0.6) is 0 Å². The van der Waals surface area contributed by atoms with Crippen molar-refractivity contribution in [3.8, 4) is 0 Å². The molecule has 0 saturated carbocycles. The van der Waals surface area contributed by atoms with Crippen LogP contribution in [0.3, 0.4) is 0 Å². The van der Waals surface area contributed by atoms with E-state index in [4.69, 9.17) is 5.11 Å². The van der Waals surface area contributed by atoms with Crippen molar-refractivity contribution < 1.29 is 23.9 Å². The van der Waals surface area contributed by atoms with Gasteiger partial charge in [-0.25, -0.2) is 14.0 Å². The van der Waals surface area contributed by atoms with Crippen molar-refractivity contribution in [2.45, 2.75) is 18.9 Å². The molecule has 4 N–H and O–H groups in total. The first kappa shape index (κ1) is 14.8. The molecule has 1 atom stereocenters. The molecule has 21 heavy (non-hydrogen) atoms. The Kier molecular flexibility index (Phi) is 4.36. The highest BCUT2D eigenvalue weighted by Gasteiger charge is 2.20. The maximum atomic E-state index is 13.2. The summed E-state index contributed by atoms with van der Waals surface area (Å²) in [5.41, 5.74) is -0.330. The fourth-order valence-electron chi connectivity index (χ4n) is 2.01. The number of rotatable bonds is 3. The van der Waals surface area contributed by atoms with Gasteiger partial charge in [0.2, 0.25) is 5.91 Å². The summed E-state index contributed by atoms with van der Waals surface area (Å²) in [4.78, 5) is 33.8. The molecule has 0 bridgehead atoms. The number of urea groups is 1. The zero-order chi connectivity index (χ0) is 15.4. The van der Waals surface area contributed by atoms with Crippen molar-refractivity contribution in [3.63, 3.8) is 0 Å². The van der Waals surface area contributed by atoms with E-state index in [0.29, 0.717) is 19.4 Å². The van der Waals surface area contributed by atoms with Crippen LogP contribution in [-0.2, 0) is 4.79 Å². The minimum atomic E-state index is -1.27. The Balaban J connectivity index is 2.01. The van der Waals surface area contributed by atoms with Gasteiger partial charge in [-0.2, -0.15) is 0 Å². The van der Waals surface area contributed by atoms with E-state index < -0.39 is 17.8 Å². The molecular weight excluding hydrogens is 281 g/mol. The number of carbonyl (C=O) groups is 3. The quantitative estimate of drug-likeness (QED) is 0.665. The van der Waals surface area contributed by atoms with Crippen LogP contribution in [0.25, 0.3) is 0 Å². The summed E-state index contributed by atoms with van der Waals surface area (Å²) in [6, 6.07) is 2.12. The van der Waals surface area contributed by atoms with Crippen molar-refractivity contribution in [2.24, 2.45) is 0 Å². The van der Waals surface area contributed by atoms with E-state index in [-0.39, 0.29) is 23.2 Å². The highest BCUT2D eigenvalue weighted by molar-refractivity contribution is 6.00. The predicted octanol–water partition coefficient (Wildman–Crippen LogP) is 0.924. The Hall–Kier alpha value is -2.64. The minimum Gasteiger partial charge on any atom is -0.478 e. The monoisotopic (exact) mass is 295 g/mol. The van der Waals surface area contributed by atoms with Crippen molar-refractivity contribution >= 4 is 23.6 Å². The molecule has 1 fully saturated rings. The van der Waals surface area contributed by atoms with E-state index in [1.165, 1.54) is 0 Å². The number of carbonyl (C=O) groups excluding carboxylic acids is 2. The Morgan fingerprint density at radius 3 is 2.76 bits per heavy atom. The first-order chi connectivity index (χ1) is 9.95. The summed E-state index contributed by atoms with van der Waals surface area (Å²) in [5.74, 6) is -2.00. The molecule has 0 aromatic heterocycles. The SMILES string of the molecule is O=C1CCC(NC(=O)Nc2cc(F)ccc2C(=O)O)CN1. The Bertz CT molecular complexity index is 581. The summed E-state index contributed by atoms with van der Waals surface area (Å²) >= 11 is 0. The number of hydrogen-bond donors (Lipinski definition) is 4. The lowest BCUT2D eigenvalue weighted by Crippen LogP contribution is -2.49. The molecular formula is C13H14FN3O4. The number of carboxylic acids is 1. The van der Waals surface area contributed by atoms with Crippen LogP contribution in [0.2, 0.25) is 0 Å². The molecule has 1 aromatic carbocycles. The maximum absolute atomic E-state index is 13.2. The topological polar surface area (TPSA) is 108 Å². The molecule has 1 saturated heterocycles. The van der Waals surface area contributed by atoms with Crippen LogP contribution in [-0.4, -0.2) is 35.6 Å². The molecule has 1 unspecified atom stereocenters. The average Bonchev–Trinajstić information content (AvgIpc) is 2.41. The zero-order valence-electron chi connectivity index (χ0n) is 11.0. The van der Waals surface area contributed by atoms with Gasteiger partial charge in [0.25, 0.3) is 0 Å². The summed E-state index contributed by atoms with van der Waals surface area (Å²) in [6.07, 6.45) is 0.805. The first-order valence-electron chi connectivity index (χ1n) is 6.33. The van der Waals surface area contributed by atoms with Crippen molar-refractivity contribution in [1.82, 2.24) is 10.6 Å². The summed E-state index contributed by atoms with van der Waals surface area (Å²) < 4.78 is 13.2. The van der Waals surface area contributed by atoms with E-state index in [1.54, 1.807) is 0 Å². The van der Waals surface area contributed by atoms with Crippen LogP contribution in [0.1, 0.15) is 23.2 Å².